The Kier molecular flexibility index (Phi) is 17.7. The van der Waals surface area contributed by atoms with Gasteiger partial charge in [-0.15, -0.1) is 0 Å². The van der Waals surface area contributed by atoms with Gasteiger partial charge in [0.1, 0.15) is 0 Å². The minimum atomic E-state index is -1.11. The van der Waals surface area contributed by atoms with E-state index in [1.807, 2.05) is 74.9 Å². The van der Waals surface area contributed by atoms with Gasteiger partial charge in [0, 0.05) is 22.7 Å². The normalized spacial score (nSPS) is 12.2. The Bertz CT molecular complexity index is 1800. The number of pyridine rings is 2. The maximum absolute atomic E-state index is 6.12. The third-order valence-corrected chi connectivity index (χ3v) is 13.1. The molecule has 1 aliphatic carbocycles. The summed E-state index contributed by atoms with van der Waals surface area (Å²) in [6.07, 6.45) is 12.0. The number of hydrogen-bond donors (Lipinski definition) is 0. The Morgan fingerprint density at radius 3 is 0.891 bits per heavy atom. The Morgan fingerprint density at radius 2 is 0.673 bits per heavy atom. The number of hydrogen-bond acceptors (Lipinski definition) is 6. The second-order valence-corrected chi connectivity index (χ2v) is 18.4. The van der Waals surface area contributed by atoms with Crippen molar-refractivity contribution in [2.24, 2.45) is 0 Å². The number of nitrogens with zero attached hydrogens (tertiary/aromatic N) is 2. The van der Waals surface area contributed by atoms with Crippen LogP contribution in [0.1, 0.15) is 0 Å². The van der Waals surface area contributed by atoms with Crippen LogP contribution in [-0.2, 0) is 15.1 Å². The van der Waals surface area contributed by atoms with E-state index in [1.54, 1.807) is 28.4 Å². The molecule has 0 amide bonds. The molecule has 2 heterocycles. The molecule has 0 aliphatic heterocycles. The van der Waals surface area contributed by atoms with E-state index in [9.17, 15) is 0 Å². The molecular weight excluding hydrogens is 854 g/mol. The first-order valence-corrected chi connectivity index (χ1v) is 24.2. The van der Waals surface area contributed by atoms with Crippen LogP contribution in [0.15, 0.2) is 133 Å². The first-order valence-electron chi connectivity index (χ1n) is 17.0. The first-order chi connectivity index (χ1) is 27.1. The van der Waals surface area contributed by atoms with Crippen molar-refractivity contribution in [2.75, 3.05) is 28.4 Å². The van der Waals surface area contributed by atoms with Crippen molar-refractivity contribution in [1.82, 2.24) is 9.97 Å². The molecule has 6 aromatic rings. The fourth-order valence-electron chi connectivity index (χ4n) is 5.85. The van der Waals surface area contributed by atoms with E-state index < -0.39 is 15.8 Å². The van der Waals surface area contributed by atoms with E-state index in [0.29, 0.717) is 23.5 Å². The van der Waals surface area contributed by atoms with Crippen molar-refractivity contribution in [3.8, 4) is 34.6 Å². The van der Waals surface area contributed by atoms with E-state index >= 15 is 0 Å². The second kappa shape index (κ2) is 22.9. The molecule has 0 saturated heterocycles. The molecule has 1 aliphatic rings. The summed E-state index contributed by atoms with van der Waals surface area (Å²) in [7, 11) is 14.0. The molecule has 7 rings (SSSR count). The number of methoxy groups -OCH3 is 4. The van der Waals surface area contributed by atoms with Gasteiger partial charge in [-0.1, -0.05) is 121 Å². The Morgan fingerprint density at radius 1 is 0.418 bits per heavy atom. The van der Waals surface area contributed by atoms with Crippen molar-refractivity contribution in [3.63, 3.8) is 0 Å². The zero-order chi connectivity index (χ0) is 38.8. The van der Waals surface area contributed by atoms with Crippen molar-refractivity contribution in [3.05, 3.63) is 172 Å². The molecule has 11 heteroatoms. The van der Waals surface area contributed by atoms with Gasteiger partial charge in [0.15, 0.2) is 0 Å². The third-order valence-electron chi connectivity index (χ3n) is 8.14. The SMILES string of the molecule is COc1cc(P(c2ccccc2)c2ccccc2)c(-c2c(P(c3ccccc3)c3ccccc3)cc(OC)nc2OC)c(OC)n1.[CH]1[CH][CH][CH][CH][CH]1.[Cl][Ru][Cl]. The number of ether oxygens (including phenoxy) is 4. The quantitative estimate of drug-likeness (QED) is 0.0965. The van der Waals surface area contributed by atoms with Crippen molar-refractivity contribution in [1.29, 1.82) is 0 Å². The van der Waals surface area contributed by atoms with E-state index in [-0.39, 0.29) is 15.1 Å². The van der Waals surface area contributed by atoms with E-state index in [1.165, 1.54) is 21.2 Å². The molecule has 1 fully saturated rings. The second-order valence-electron chi connectivity index (χ2n) is 11.4. The van der Waals surface area contributed by atoms with Crippen LogP contribution in [0, 0.1) is 38.5 Å². The molecule has 55 heavy (non-hydrogen) atoms. The Labute approximate surface area is 344 Å². The maximum atomic E-state index is 6.12. The van der Waals surface area contributed by atoms with E-state index in [2.05, 4.69) is 97.1 Å². The van der Waals surface area contributed by atoms with Crippen molar-refractivity contribution in [2.45, 2.75) is 0 Å². The molecule has 282 valence electrons. The Balaban J connectivity index is 0.000000573. The molecule has 0 spiro atoms. The van der Waals surface area contributed by atoms with Crippen LogP contribution in [0.25, 0.3) is 11.1 Å². The summed E-state index contributed by atoms with van der Waals surface area (Å²) in [5, 5.41) is 6.73. The standard InChI is InChI=1S/C38H34N2O4P2.C6H6.2ClH.Ru/c1-41-33-25-31(45(27-17-9-5-10-18-27)28-19-11-6-12-20-28)35(37(39-33)43-3)36-32(26-34(42-2)40-38(36)44-4)46(29-21-13-7-14-22-29)30-23-15-8-16-24-30;1-2-4-6-5-3-1;;;/h5-26H,1-4H3;1-6H;2*1H;/q;;;;+2/p-2. The minimum absolute atomic E-state index is 0.346. The predicted octanol–water partition coefficient (Wildman–Crippen LogP) is 8.30. The number of rotatable bonds is 11. The number of aromatic nitrogens is 2. The van der Waals surface area contributed by atoms with Gasteiger partial charge in [0.2, 0.25) is 23.5 Å². The third kappa shape index (κ3) is 11.3. The monoisotopic (exact) mass is 894 g/mol. The van der Waals surface area contributed by atoms with Crippen LogP contribution in [0.4, 0.5) is 0 Å². The molecule has 0 atom stereocenters. The summed E-state index contributed by atoms with van der Waals surface area (Å²) in [5.41, 5.74) is 1.62. The van der Waals surface area contributed by atoms with E-state index in [4.69, 9.17) is 48.3 Å². The zero-order valence-corrected chi connectivity index (χ0v) is 35.7. The van der Waals surface area contributed by atoms with Gasteiger partial charge in [-0.25, -0.2) is 0 Å². The molecule has 0 unspecified atom stereocenters. The Hall–Kier alpha value is -3.56. The van der Waals surface area contributed by atoms with Crippen LogP contribution >= 0.6 is 35.2 Å². The molecule has 4 aromatic carbocycles. The number of benzene rings is 4. The van der Waals surface area contributed by atoms with Gasteiger partial charge in [-0.05, 0) is 75.6 Å². The fraction of sp³-hybridized carbons (Fsp3) is 0.0909. The first kappa shape index (κ1) is 42.6. The summed E-state index contributed by atoms with van der Waals surface area (Å²) in [6.45, 7) is 0. The van der Waals surface area contributed by atoms with Crippen LogP contribution in [0.5, 0.6) is 23.5 Å². The zero-order valence-electron chi connectivity index (χ0n) is 30.7. The average Bonchev–Trinajstić information content (AvgIpc) is 3.26. The van der Waals surface area contributed by atoms with Gasteiger partial charge in [0.05, 0.1) is 39.6 Å². The van der Waals surface area contributed by atoms with Gasteiger partial charge < -0.3 is 18.9 Å². The van der Waals surface area contributed by atoms with Crippen LogP contribution in [0.3, 0.4) is 0 Å². The van der Waals surface area contributed by atoms with E-state index in [0.717, 1.165) is 21.7 Å². The molecular formula is C44H40Cl2N2O4P2Ru. The number of halogens is 2. The van der Waals surface area contributed by atoms with Crippen LogP contribution in [0.2, 0.25) is 0 Å². The topological polar surface area (TPSA) is 62.7 Å². The fourth-order valence-corrected chi connectivity index (χ4v) is 10.8. The molecule has 1 saturated carbocycles. The summed E-state index contributed by atoms with van der Waals surface area (Å²) in [6, 6.07) is 46.2. The van der Waals surface area contributed by atoms with Gasteiger partial charge in [0.25, 0.3) is 0 Å². The van der Waals surface area contributed by atoms with Crippen molar-refractivity contribution < 1.29 is 34.1 Å². The van der Waals surface area contributed by atoms with Gasteiger partial charge in [-0.2, -0.15) is 9.97 Å². The summed E-state index contributed by atoms with van der Waals surface area (Å²) in [4.78, 5) is 9.68. The van der Waals surface area contributed by atoms with Gasteiger partial charge in [-0.3, -0.25) is 0 Å². The molecule has 6 nitrogen and oxygen atoms in total. The summed E-state index contributed by atoms with van der Waals surface area (Å²) in [5.74, 6) is 1.78. The van der Waals surface area contributed by atoms with Gasteiger partial charge >= 0.3 is 34.5 Å². The van der Waals surface area contributed by atoms with Crippen molar-refractivity contribution >= 4 is 67.1 Å². The average molecular weight is 895 g/mol. The molecule has 0 N–H and O–H groups in total. The van der Waals surface area contributed by atoms with Crippen LogP contribution < -0.4 is 50.8 Å². The molecule has 6 radical (unpaired) electrons. The molecule has 2 aromatic heterocycles. The predicted molar refractivity (Wildman–Crippen MR) is 229 cm³/mol. The molecule has 0 bridgehead atoms. The van der Waals surface area contributed by atoms with Crippen LogP contribution in [-0.4, -0.2) is 38.4 Å². The summed E-state index contributed by atoms with van der Waals surface area (Å²) < 4.78 is 23.8. The summed E-state index contributed by atoms with van der Waals surface area (Å²) >= 11 is -0.346.